The van der Waals surface area contributed by atoms with Crippen molar-refractivity contribution in [2.75, 3.05) is 0 Å². The molecule has 1 atom stereocenters. The first-order valence-corrected chi connectivity index (χ1v) is 6.09. The Morgan fingerprint density at radius 2 is 2.32 bits per heavy atom. The molecule has 0 saturated heterocycles. The standard InChI is InChI=1S/C14H16FN3O/c1-10-7-12(3-4-13(10)15)14(19)17-11(2)8-18-6-5-16-9-18/h3-7,9,11H,8H2,1-2H3,(H,17,19). The molecule has 0 bridgehead atoms. The van der Waals surface area contributed by atoms with Crippen molar-refractivity contribution < 1.29 is 9.18 Å². The molecule has 100 valence electrons. The average molecular weight is 261 g/mol. The van der Waals surface area contributed by atoms with Crippen LogP contribution in [-0.4, -0.2) is 21.5 Å². The number of carbonyl (C=O) groups excluding carboxylic acids is 1. The molecule has 1 unspecified atom stereocenters. The van der Waals surface area contributed by atoms with Crippen LogP contribution < -0.4 is 5.32 Å². The second kappa shape index (κ2) is 5.65. The number of carbonyl (C=O) groups is 1. The molecule has 0 aliphatic carbocycles. The number of nitrogens with one attached hydrogen (secondary N) is 1. The fourth-order valence-electron chi connectivity index (χ4n) is 1.85. The van der Waals surface area contributed by atoms with Crippen LogP contribution in [0.3, 0.4) is 0 Å². The molecule has 0 aliphatic rings. The highest BCUT2D eigenvalue weighted by molar-refractivity contribution is 5.94. The van der Waals surface area contributed by atoms with E-state index in [2.05, 4.69) is 10.3 Å². The molecule has 0 saturated carbocycles. The Labute approximate surface area is 111 Å². The van der Waals surface area contributed by atoms with Crippen molar-refractivity contribution in [3.63, 3.8) is 0 Å². The summed E-state index contributed by atoms with van der Waals surface area (Å²) < 4.78 is 15.0. The number of amides is 1. The van der Waals surface area contributed by atoms with Crippen LogP contribution in [0.1, 0.15) is 22.8 Å². The highest BCUT2D eigenvalue weighted by Crippen LogP contribution is 2.09. The van der Waals surface area contributed by atoms with Crippen molar-refractivity contribution in [1.29, 1.82) is 0 Å². The molecule has 1 aromatic heterocycles. The summed E-state index contributed by atoms with van der Waals surface area (Å²) in [6.45, 7) is 4.20. The van der Waals surface area contributed by atoms with E-state index in [0.717, 1.165) is 0 Å². The number of aromatic nitrogens is 2. The van der Waals surface area contributed by atoms with Gasteiger partial charge in [-0.3, -0.25) is 4.79 Å². The Balaban J connectivity index is 1.98. The third-order valence-corrected chi connectivity index (χ3v) is 2.84. The summed E-state index contributed by atoms with van der Waals surface area (Å²) in [5.41, 5.74) is 0.936. The van der Waals surface area contributed by atoms with Crippen LogP contribution in [0.4, 0.5) is 4.39 Å². The molecule has 0 aliphatic heterocycles. The number of hydrogen-bond donors (Lipinski definition) is 1. The summed E-state index contributed by atoms with van der Waals surface area (Å²) in [5.74, 6) is -0.501. The SMILES string of the molecule is Cc1cc(C(=O)NC(C)Cn2ccnc2)ccc1F. The Morgan fingerprint density at radius 3 is 2.95 bits per heavy atom. The maximum Gasteiger partial charge on any atom is 0.251 e. The van der Waals surface area contributed by atoms with Crippen molar-refractivity contribution in [2.45, 2.75) is 26.4 Å². The van der Waals surface area contributed by atoms with Gasteiger partial charge in [0, 0.05) is 30.5 Å². The number of benzene rings is 1. The van der Waals surface area contributed by atoms with Gasteiger partial charge in [0.05, 0.1) is 6.33 Å². The topological polar surface area (TPSA) is 46.9 Å². The number of rotatable bonds is 4. The number of halogens is 1. The molecule has 2 aromatic rings. The summed E-state index contributed by atoms with van der Waals surface area (Å²) in [6, 6.07) is 4.31. The zero-order valence-electron chi connectivity index (χ0n) is 10.9. The van der Waals surface area contributed by atoms with Gasteiger partial charge in [-0.15, -0.1) is 0 Å². The molecule has 1 aromatic carbocycles. The van der Waals surface area contributed by atoms with E-state index >= 15 is 0 Å². The van der Waals surface area contributed by atoms with E-state index < -0.39 is 0 Å². The predicted molar refractivity (Wildman–Crippen MR) is 70.3 cm³/mol. The molecule has 1 N–H and O–H groups in total. The Kier molecular flexibility index (Phi) is 3.94. The van der Waals surface area contributed by atoms with Crippen molar-refractivity contribution >= 4 is 5.91 Å². The molecule has 1 amide bonds. The fraction of sp³-hybridized carbons (Fsp3) is 0.286. The Hall–Kier alpha value is -2.17. The molecular weight excluding hydrogens is 245 g/mol. The molecule has 0 fully saturated rings. The van der Waals surface area contributed by atoms with Crippen LogP contribution in [0.15, 0.2) is 36.9 Å². The minimum atomic E-state index is -0.303. The van der Waals surface area contributed by atoms with Gasteiger partial charge in [-0.05, 0) is 37.6 Å². The third-order valence-electron chi connectivity index (χ3n) is 2.84. The first kappa shape index (κ1) is 13.3. The van der Waals surface area contributed by atoms with Crippen LogP contribution in [0, 0.1) is 12.7 Å². The molecule has 4 nitrogen and oxygen atoms in total. The smallest absolute Gasteiger partial charge is 0.251 e. The van der Waals surface area contributed by atoms with Gasteiger partial charge >= 0.3 is 0 Å². The molecule has 19 heavy (non-hydrogen) atoms. The summed E-state index contributed by atoms with van der Waals surface area (Å²) in [6.07, 6.45) is 5.23. The largest absolute Gasteiger partial charge is 0.348 e. The summed E-state index contributed by atoms with van der Waals surface area (Å²) in [4.78, 5) is 15.9. The second-order valence-electron chi connectivity index (χ2n) is 4.60. The lowest BCUT2D eigenvalue weighted by Crippen LogP contribution is -2.35. The van der Waals surface area contributed by atoms with Gasteiger partial charge in [-0.2, -0.15) is 0 Å². The lowest BCUT2D eigenvalue weighted by atomic mass is 10.1. The highest BCUT2D eigenvalue weighted by Gasteiger charge is 2.11. The Bertz CT molecular complexity index is 566. The van der Waals surface area contributed by atoms with E-state index in [-0.39, 0.29) is 17.8 Å². The van der Waals surface area contributed by atoms with Crippen LogP contribution in [0.5, 0.6) is 0 Å². The quantitative estimate of drug-likeness (QED) is 0.916. The normalized spacial score (nSPS) is 12.2. The molecule has 2 rings (SSSR count). The van der Waals surface area contributed by atoms with E-state index in [1.54, 1.807) is 25.5 Å². The van der Waals surface area contributed by atoms with Gasteiger partial charge in [0.2, 0.25) is 0 Å². The molecule has 0 radical (unpaired) electrons. The van der Waals surface area contributed by atoms with Crippen molar-refractivity contribution in [2.24, 2.45) is 0 Å². The summed E-state index contributed by atoms with van der Waals surface area (Å²) in [7, 11) is 0. The maximum atomic E-state index is 13.1. The van der Waals surface area contributed by atoms with Crippen molar-refractivity contribution in [3.8, 4) is 0 Å². The highest BCUT2D eigenvalue weighted by atomic mass is 19.1. The first-order valence-electron chi connectivity index (χ1n) is 6.09. The summed E-state index contributed by atoms with van der Waals surface area (Å²) in [5, 5.41) is 2.87. The van der Waals surface area contributed by atoms with Gasteiger partial charge in [-0.1, -0.05) is 0 Å². The van der Waals surface area contributed by atoms with Crippen molar-refractivity contribution in [1.82, 2.24) is 14.9 Å². The number of imidazole rings is 1. The van der Waals surface area contributed by atoms with Crippen molar-refractivity contribution in [3.05, 3.63) is 53.9 Å². The number of aryl methyl sites for hydroxylation is 1. The molecule has 5 heteroatoms. The van der Waals surface area contributed by atoms with Gasteiger partial charge < -0.3 is 9.88 Å². The minimum absolute atomic E-state index is 0.0351. The second-order valence-corrected chi connectivity index (χ2v) is 4.60. The zero-order chi connectivity index (χ0) is 13.8. The predicted octanol–water partition coefficient (Wildman–Crippen LogP) is 2.15. The maximum absolute atomic E-state index is 13.1. The zero-order valence-corrected chi connectivity index (χ0v) is 10.9. The van der Waals surface area contributed by atoms with Crippen LogP contribution in [-0.2, 0) is 6.54 Å². The van der Waals surface area contributed by atoms with E-state index in [9.17, 15) is 9.18 Å². The van der Waals surface area contributed by atoms with Crippen LogP contribution >= 0.6 is 0 Å². The van der Waals surface area contributed by atoms with E-state index in [1.165, 1.54) is 12.1 Å². The molecule has 0 spiro atoms. The van der Waals surface area contributed by atoms with Gasteiger partial charge in [0.15, 0.2) is 0 Å². The van der Waals surface area contributed by atoms with Crippen LogP contribution in [0.2, 0.25) is 0 Å². The molecular formula is C14H16FN3O. The average Bonchev–Trinajstić information content (AvgIpc) is 2.85. The monoisotopic (exact) mass is 261 g/mol. The number of hydrogen-bond acceptors (Lipinski definition) is 2. The fourth-order valence-corrected chi connectivity index (χ4v) is 1.85. The lowest BCUT2D eigenvalue weighted by molar-refractivity contribution is 0.0936. The molecule has 1 heterocycles. The Morgan fingerprint density at radius 1 is 1.53 bits per heavy atom. The van der Waals surface area contributed by atoms with Gasteiger partial charge in [-0.25, -0.2) is 9.37 Å². The van der Waals surface area contributed by atoms with E-state index in [4.69, 9.17) is 0 Å². The lowest BCUT2D eigenvalue weighted by Gasteiger charge is -2.14. The van der Waals surface area contributed by atoms with Crippen LogP contribution in [0.25, 0.3) is 0 Å². The third kappa shape index (κ3) is 3.40. The summed E-state index contributed by atoms with van der Waals surface area (Å²) >= 11 is 0. The van der Waals surface area contributed by atoms with E-state index in [1.807, 2.05) is 17.7 Å². The minimum Gasteiger partial charge on any atom is -0.348 e. The number of nitrogens with zero attached hydrogens (tertiary/aromatic N) is 2. The van der Waals surface area contributed by atoms with E-state index in [0.29, 0.717) is 17.7 Å². The first-order chi connectivity index (χ1) is 9.06. The van der Waals surface area contributed by atoms with Gasteiger partial charge in [0.1, 0.15) is 5.82 Å². The van der Waals surface area contributed by atoms with Gasteiger partial charge in [0.25, 0.3) is 5.91 Å².